The summed E-state index contributed by atoms with van der Waals surface area (Å²) >= 11 is 4.29. The number of hydrogen-bond donors (Lipinski definition) is 0. The van der Waals surface area contributed by atoms with Gasteiger partial charge in [-0.2, -0.15) is 0 Å². The van der Waals surface area contributed by atoms with Gasteiger partial charge in [0.25, 0.3) is 0 Å². The molecule has 2 aliphatic heterocycles. The molecule has 0 amide bonds. The maximum absolute atomic E-state index is 5.94. The molecule has 2 aliphatic rings. The molecule has 3 nitrogen and oxygen atoms in total. The third-order valence-electron chi connectivity index (χ3n) is 4.80. The number of thioether (sulfide) groups is 2. The average molecular weight is 383 g/mol. The second-order valence-corrected chi connectivity index (χ2v) is 9.97. The van der Waals surface area contributed by atoms with Crippen molar-refractivity contribution in [3.8, 4) is 5.75 Å². The van der Waals surface area contributed by atoms with Crippen LogP contribution in [0, 0.1) is 0 Å². The normalized spacial score (nSPS) is 23.3. The molecule has 2 fully saturated rings. The molecule has 25 heavy (non-hydrogen) atoms. The lowest BCUT2D eigenvalue weighted by Crippen LogP contribution is -2.29. The van der Waals surface area contributed by atoms with E-state index in [9.17, 15) is 0 Å². The van der Waals surface area contributed by atoms with Gasteiger partial charge in [0, 0.05) is 13.2 Å². The first-order valence-corrected chi connectivity index (χ1v) is 11.4. The first-order valence-electron chi connectivity index (χ1n) is 9.44. The monoisotopic (exact) mass is 382 g/mol. The van der Waals surface area contributed by atoms with Gasteiger partial charge in [-0.05, 0) is 74.1 Å². The van der Waals surface area contributed by atoms with Gasteiger partial charge in [0.15, 0.2) is 6.29 Å². The van der Waals surface area contributed by atoms with Crippen molar-refractivity contribution in [2.24, 2.45) is 0 Å². The summed E-state index contributed by atoms with van der Waals surface area (Å²) in [6.45, 7) is 1.67. The summed E-state index contributed by atoms with van der Waals surface area (Å²) in [6, 6.07) is 8.57. The zero-order valence-electron chi connectivity index (χ0n) is 15.2. The molecule has 3 rings (SSSR count). The van der Waals surface area contributed by atoms with Crippen molar-refractivity contribution >= 4 is 23.5 Å². The highest BCUT2D eigenvalue weighted by Gasteiger charge is 2.33. The predicted molar refractivity (Wildman–Crippen MR) is 108 cm³/mol. The summed E-state index contributed by atoms with van der Waals surface area (Å²) in [6.07, 6.45) is 8.25. The molecular formula is C20H30O3S2. The fourth-order valence-electron chi connectivity index (χ4n) is 3.41. The van der Waals surface area contributed by atoms with E-state index in [1.165, 1.54) is 42.8 Å². The highest BCUT2D eigenvalue weighted by molar-refractivity contribution is 8.18. The van der Waals surface area contributed by atoms with E-state index in [1.54, 1.807) is 7.11 Å². The Kier molecular flexibility index (Phi) is 7.84. The van der Waals surface area contributed by atoms with E-state index in [0.29, 0.717) is 4.08 Å². The van der Waals surface area contributed by atoms with E-state index in [4.69, 9.17) is 14.2 Å². The van der Waals surface area contributed by atoms with Gasteiger partial charge in [-0.1, -0.05) is 12.1 Å². The van der Waals surface area contributed by atoms with Crippen LogP contribution in [0.15, 0.2) is 24.3 Å². The van der Waals surface area contributed by atoms with Gasteiger partial charge in [0.1, 0.15) is 5.75 Å². The third kappa shape index (κ3) is 6.09. The van der Waals surface area contributed by atoms with E-state index in [0.717, 1.165) is 38.2 Å². The van der Waals surface area contributed by atoms with E-state index in [2.05, 4.69) is 47.8 Å². The fourth-order valence-corrected chi connectivity index (χ4v) is 6.86. The highest BCUT2D eigenvalue weighted by atomic mass is 32.2. The first kappa shape index (κ1) is 19.4. The van der Waals surface area contributed by atoms with Crippen molar-refractivity contribution in [3.05, 3.63) is 29.8 Å². The second kappa shape index (κ2) is 10.1. The molecule has 1 atom stereocenters. The zero-order valence-corrected chi connectivity index (χ0v) is 16.8. The molecule has 140 valence electrons. The van der Waals surface area contributed by atoms with Crippen LogP contribution in [0.4, 0.5) is 0 Å². The maximum Gasteiger partial charge on any atom is 0.157 e. The summed E-state index contributed by atoms with van der Waals surface area (Å²) in [5, 5.41) is 0. The third-order valence-corrected chi connectivity index (χ3v) is 8.24. The molecule has 1 unspecified atom stereocenters. The van der Waals surface area contributed by atoms with Crippen LogP contribution in [0.5, 0.6) is 5.75 Å². The molecule has 2 saturated heterocycles. The largest absolute Gasteiger partial charge is 0.497 e. The van der Waals surface area contributed by atoms with Gasteiger partial charge < -0.3 is 14.2 Å². The van der Waals surface area contributed by atoms with Crippen LogP contribution in [0.1, 0.15) is 44.1 Å². The molecule has 0 aromatic heterocycles. The van der Waals surface area contributed by atoms with Gasteiger partial charge in [-0.3, -0.25) is 0 Å². The highest BCUT2D eigenvalue weighted by Crippen LogP contribution is 2.47. The molecule has 0 spiro atoms. The molecule has 0 saturated carbocycles. The SMILES string of the molecule is COc1ccc(CC2(CCCOC3CCCCO3)SCCCS2)cc1. The lowest BCUT2D eigenvalue weighted by Gasteiger charge is -2.36. The number of ether oxygens (including phenoxy) is 3. The molecule has 1 aromatic carbocycles. The average Bonchev–Trinajstić information content (AvgIpc) is 2.67. The number of benzene rings is 1. The Morgan fingerprint density at radius 3 is 2.60 bits per heavy atom. The summed E-state index contributed by atoms with van der Waals surface area (Å²) in [5.74, 6) is 3.48. The number of rotatable bonds is 8. The van der Waals surface area contributed by atoms with Crippen LogP contribution < -0.4 is 4.74 Å². The van der Waals surface area contributed by atoms with Crippen molar-refractivity contribution in [2.45, 2.75) is 55.3 Å². The summed E-state index contributed by atoms with van der Waals surface area (Å²) in [4.78, 5) is 0. The minimum absolute atomic E-state index is 0.0398. The Balaban J connectivity index is 1.50. The Morgan fingerprint density at radius 2 is 1.92 bits per heavy atom. The molecule has 0 N–H and O–H groups in total. The minimum atomic E-state index is 0.0398. The number of methoxy groups -OCH3 is 1. The molecule has 0 bridgehead atoms. The summed E-state index contributed by atoms with van der Waals surface area (Å²) < 4.78 is 17.2. The molecule has 2 heterocycles. The van der Waals surface area contributed by atoms with Crippen LogP contribution in [0.3, 0.4) is 0 Å². The van der Waals surface area contributed by atoms with E-state index in [-0.39, 0.29) is 6.29 Å². The zero-order chi connectivity index (χ0) is 17.4. The van der Waals surface area contributed by atoms with E-state index in [1.807, 2.05) is 0 Å². The van der Waals surface area contributed by atoms with Crippen molar-refractivity contribution in [1.29, 1.82) is 0 Å². The van der Waals surface area contributed by atoms with Crippen LogP contribution in [0.2, 0.25) is 0 Å². The van der Waals surface area contributed by atoms with E-state index < -0.39 is 0 Å². The molecule has 1 aromatic rings. The maximum atomic E-state index is 5.94. The van der Waals surface area contributed by atoms with Crippen molar-refractivity contribution in [1.82, 2.24) is 0 Å². The molecule has 0 aliphatic carbocycles. The summed E-state index contributed by atoms with van der Waals surface area (Å²) in [5.41, 5.74) is 1.40. The van der Waals surface area contributed by atoms with Gasteiger partial charge in [-0.25, -0.2) is 0 Å². The van der Waals surface area contributed by atoms with Gasteiger partial charge in [-0.15, -0.1) is 23.5 Å². The first-order chi connectivity index (χ1) is 12.3. The number of hydrogen-bond acceptors (Lipinski definition) is 5. The van der Waals surface area contributed by atoms with Crippen LogP contribution in [0.25, 0.3) is 0 Å². The van der Waals surface area contributed by atoms with Gasteiger partial charge >= 0.3 is 0 Å². The second-order valence-electron chi connectivity index (χ2n) is 6.76. The lowest BCUT2D eigenvalue weighted by atomic mass is 10.1. The van der Waals surface area contributed by atoms with Crippen molar-refractivity contribution in [3.63, 3.8) is 0 Å². The lowest BCUT2D eigenvalue weighted by molar-refractivity contribution is -0.162. The molecule has 0 radical (unpaired) electrons. The van der Waals surface area contributed by atoms with Gasteiger partial charge in [0.2, 0.25) is 0 Å². The topological polar surface area (TPSA) is 27.7 Å². The minimum Gasteiger partial charge on any atom is -0.497 e. The molecular weight excluding hydrogens is 352 g/mol. The Morgan fingerprint density at radius 1 is 1.12 bits per heavy atom. The van der Waals surface area contributed by atoms with Crippen molar-refractivity contribution < 1.29 is 14.2 Å². The predicted octanol–water partition coefficient (Wildman–Crippen LogP) is 5.13. The summed E-state index contributed by atoms with van der Waals surface area (Å²) in [7, 11) is 1.72. The Labute approximate surface area is 160 Å². The standard InChI is InChI=1S/C20H30O3S2/c1-21-18-9-7-17(8-10-18)16-20(24-14-5-15-25-20)11-4-13-23-19-6-2-3-12-22-19/h7-10,19H,2-6,11-16H2,1H3. The Bertz CT molecular complexity index is 494. The fraction of sp³-hybridized carbons (Fsp3) is 0.700. The van der Waals surface area contributed by atoms with Crippen LogP contribution in [-0.4, -0.2) is 42.2 Å². The quantitative estimate of drug-likeness (QED) is 0.581. The molecule has 5 heteroatoms. The van der Waals surface area contributed by atoms with Gasteiger partial charge in [0.05, 0.1) is 11.2 Å². The van der Waals surface area contributed by atoms with Crippen LogP contribution in [-0.2, 0) is 15.9 Å². The smallest absolute Gasteiger partial charge is 0.157 e. The van der Waals surface area contributed by atoms with E-state index >= 15 is 0 Å². The Hall–Kier alpha value is -0.360. The van der Waals surface area contributed by atoms with Crippen molar-refractivity contribution in [2.75, 3.05) is 31.8 Å². The van der Waals surface area contributed by atoms with Crippen LogP contribution >= 0.6 is 23.5 Å².